The quantitative estimate of drug-likeness (QED) is 0.469. The molecule has 0 saturated carbocycles. The summed E-state index contributed by atoms with van der Waals surface area (Å²) in [6.45, 7) is 1.91. The van der Waals surface area contributed by atoms with Gasteiger partial charge in [0, 0.05) is 27.9 Å². The molecule has 0 bridgehead atoms. The van der Waals surface area contributed by atoms with Gasteiger partial charge in [-0.15, -0.1) is 11.3 Å². The third-order valence-corrected chi connectivity index (χ3v) is 6.00. The second-order valence-electron chi connectivity index (χ2n) is 7.06. The van der Waals surface area contributed by atoms with Crippen molar-refractivity contribution in [2.45, 2.75) is 12.8 Å². The molecule has 2 N–H and O–H groups in total. The molecule has 0 unspecified atom stereocenters. The monoisotopic (exact) mass is 415 g/mol. The van der Waals surface area contributed by atoms with E-state index in [-0.39, 0.29) is 23.5 Å². The second kappa shape index (κ2) is 7.27. The highest BCUT2D eigenvalue weighted by Crippen LogP contribution is 2.36. The largest absolute Gasteiger partial charge is 0.459 e. The van der Waals surface area contributed by atoms with Crippen molar-refractivity contribution in [1.82, 2.24) is 4.98 Å². The number of furan rings is 1. The first kappa shape index (κ1) is 18.3. The van der Waals surface area contributed by atoms with Crippen LogP contribution in [0.1, 0.15) is 29.0 Å². The zero-order chi connectivity index (χ0) is 20.7. The molecule has 7 heteroatoms. The summed E-state index contributed by atoms with van der Waals surface area (Å²) in [4.78, 5) is 28.7. The van der Waals surface area contributed by atoms with Crippen molar-refractivity contribution < 1.29 is 14.0 Å². The lowest BCUT2D eigenvalue weighted by atomic mass is 9.99. The first-order chi connectivity index (χ1) is 14.6. The molecular formula is C23H17N3O3S. The van der Waals surface area contributed by atoms with Crippen molar-refractivity contribution in [2.75, 3.05) is 10.6 Å². The molecule has 6 nitrogen and oxygen atoms in total. The molecule has 1 aliphatic heterocycles. The Morgan fingerprint density at radius 3 is 2.70 bits per heavy atom. The number of amides is 2. The number of aromatic nitrogens is 1. The minimum atomic E-state index is -0.289. The molecule has 0 saturated heterocycles. The van der Waals surface area contributed by atoms with Crippen LogP contribution in [0.4, 0.5) is 11.4 Å². The van der Waals surface area contributed by atoms with Crippen molar-refractivity contribution >= 4 is 34.5 Å². The molecule has 4 aromatic rings. The summed E-state index contributed by atoms with van der Waals surface area (Å²) in [7, 11) is 0. The van der Waals surface area contributed by atoms with Gasteiger partial charge in [0.25, 0.3) is 5.91 Å². The summed E-state index contributed by atoms with van der Waals surface area (Å²) in [6, 6.07) is 16.8. The average Bonchev–Trinajstić information content (AvgIpc) is 3.50. The Labute approximate surface area is 176 Å². The molecular weight excluding hydrogens is 398 g/mol. The van der Waals surface area contributed by atoms with E-state index in [4.69, 9.17) is 9.40 Å². The van der Waals surface area contributed by atoms with Gasteiger partial charge in [-0.05, 0) is 61.0 Å². The van der Waals surface area contributed by atoms with Crippen LogP contribution < -0.4 is 10.6 Å². The third kappa shape index (κ3) is 3.29. The number of anilines is 2. The molecule has 148 valence electrons. The SMILES string of the molecule is C[C@H]1C(=O)Nc2ccc(-c3csc(-c4ccc(NC(=O)c5ccco5)cc4)n3)cc21. The maximum Gasteiger partial charge on any atom is 0.291 e. The Morgan fingerprint density at radius 1 is 1.13 bits per heavy atom. The summed E-state index contributed by atoms with van der Waals surface area (Å²) in [5.74, 6) is -0.144. The number of fused-ring (bicyclic) bond motifs is 1. The molecule has 2 aromatic carbocycles. The smallest absolute Gasteiger partial charge is 0.291 e. The van der Waals surface area contributed by atoms with Crippen LogP contribution in [0, 0.1) is 0 Å². The fraction of sp³-hybridized carbons (Fsp3) is 0.0870. The number of thiazole rings is 1. The Balaban J connectivity index is 1.35. The minimum absolute atomic E-state index is 0.0281. The van der Waals surface area contributed by atoms with Crippen molar-refractivity contribution in [3.05, 3.63) is 77.6 Å². The highest BCUT2D eigenvalue weighted by molar-refractivity contribution is 7.13. The molecule has 3 heterocycles. The van der Waals surface area contributed by atoms with Crippen LogP contribution in [-0.4, -0.2) is 16.8 Å². The zero-order valence-corrected chi connectivity index (χ0v) is 16.8. The Morgan fingerprint density at radius 2 is 1.93 bits per heavy atom. The molecule has 5 rings (SSSR count). The van der Waals surface area contributed by atoms with Gasteiger partial charge in [0.05, 0.1) is 17.9 Å². The highest BCUT2D eigenvalue weighted by Gasteiger charge is 2.26. The van der Waals surface area contributed by atoms with Crippen molar-refractivity contribution in [2.24, 2.45) is 0 Å². The van der Waals surface area contributed by atoms with E-state index in [0.29, 0.717) is 5.69 Å². The zero-order valence-electron chi connectivity index (χ0n) is 16.0. The van der Waals surface area contributed by atoms with Gasteiger partial charge in [0.1, 0.15) is 5.01 Å². The van der Waals surface area contributed by atoms with Gasteiger partial charge < -0.3 is 15.1 Å². The summed E-state index contributed by atoms with van der Waals surface area (Å²) in [6.07, 6.45) is 1.47. The van der Waals surface area contributed by atoms with Crippen molar-refractivity contribution in [1.29, 1.82) is 0 Å². The molecule has 30 heavy (non-hydrogen) atoms. The van der Waals surface area contributed by atoms with E-state index in [1.807, 2.05) is 54.8 Å². The first-order valence-corrected chi connectivity index (χ1v) is 10.3. The fourth-order valence-corrected chi connectivity index (χ4v) is 4.25. The average molecular weight is 415 g/mol. The third-order valence-electron chi connectivity index (χ3n) is 5.10. The number of nitrogens with zero attached hydrogens (tertiary/aromatic N) is 1. The van der Waals surface area contributed by atoms with E-state index >= 15 is 0 Å². The van der Waals surface area contributed by atoms with E-state index in [9.17, 15) is 9.59 Å². The van der Waals surface area contributed by atoms with Crippen LogP contribution in [-0.2, 0) is 4.79 Å². The van der Waals surface area contributed by atoms with E-state index in [1.54, 1.807) is 23.5 Å². The number of benzene rings is 2. The fourth-order valence-electron chi connectivity index (χ4n) is 3.41. The van der Waals surface area contributed by atoms with Crippen molar-refractivity contribution in [3.63, 3.8) is 0 Å². The van der Waals surface area contributed by atoms with Gasteiger partial charge in [-0.3, -0.25) is 9.59 Å². The molecule has 0 spiro atoms. The Hall–Kier alpha value is -3.71. The van der Waals surface area contributed by atoms with Gasteiger partial charge in [0.2, 0.25) is 5.91 Å². The number of nitrogens with one attached hydrogen (secondary N) is 2. The standard InChI is InChI=1S/C23H17N3O3S/c1-13-17-11-15(6-9-18(17)25-21(13)27)19-12-30-23(26-19)14-4-7-16(8-5-14)24-22(28)20-3-2-10-29-20/h2-13H,1H3,(H,24,28)(H,25,27)/t13-/m1/s1. The van der Waals surface area contributed by atoms with E-state index < -0.39 is 0 Å². The Kier molecular flexibility index (Phi) is 4.44. The lowest BCUT2D eigenvalue weighted by Crippen LogP contribution is -2.10. The van der Waals surface area contributed by atoms with Gasteiger partial charge in [-0.2, -0.15) is 0 Å². The molecule has 0 fully saturated rings. The van der Waals surface area contributed by atoms with Crippen LogP contribution in [0.25, 0.3) is 21.8 Å². The molecule has 0 aliphatic carbocycles. The topological polar surface area (TPSA) is 84.2 Å². The molecule has 1 aliphatic rings. The van der Waals surface area contributed by atoms with Crippen LogP contribution in [0.5, 0.6) is 0 Å². The van der Waals surface area contributed by atoms with Crippen LogP contribution in [0.15, 0.2) is 70.7 Å². The predicted octanol–water partition coefficient (Wildman–Crippen LogP) is 5.38. The summed E-state index contributed by atoms with van der Waals surface area (Å²) >= 11 is 1.55. The van der Waals surface area contributed by atoms with Gasteiger partial charge in [-0.25, -0.2) is 4.98 Å². The normalized spacial score (nSPS) is 15.0. The van der Waals surface area contributed by atoms with Crippen LogP contribution in [0.3, 0.4) is 0 Å². The summed E-state index contributed by atoms with van der Waals surface area (Å²) in [5.41, 5.74) is 5.39. The Bertz CT molecular complexity index is 1240. The van der Waals surface area contributed by atoms with Crippen LogP contribution >= 0.6 is 11.3 Å². The van der Waals surface area contributed by atoms with Gasteiger partial charge >= 0.3 is 0 Å². The maximum absolute atomic E-state index is 12.1. The molecule has 2 amide bonds. The highest BCUT2D eigenvalue weighted by atomic mass is 32.1. The maximum atomic E-state index is 12.1. The number of carbonyl (C=O) groups excluding carboxylic acids is 2. The molecule has 1 atom stereocenters. The lowest BCUT2D eigenvalue weighted by molar-refractivity contribution is -0.116. The van der Waals surface area contributed by atoms with E-state index in [2.05, 4.69) is 10.6 Å². The molecule has 2 aromatic heterocycles. The van der Waals surface area contributed by atoms with E-state index in [0.717, 1.165) is 33.1 Å². The second-order valence-corrected chi connectivity index (χ2v) is 7.92. The minimum Gasteiger partial charge on any atom is -0.459 e. The van der Waals surface area contributed by atoms with Gasteiger partial charge in [0.15, 0.2) is 5.76 Å². The van der Waals surface area contributed by atoms with Crippen LogP contribution in [0.2, 0.25) is 0 Å². The summed E-state index contributed by atoms with van der Waals surface area (Å²) in [5, 5.41) is 8.59. The number of rotatable bonds is 4. The van der Waals surface area contributed by atoms with Crippen molar-refractivity contribution in [3.8, 4) is 21.8 Å². The summed E-state index contributed by atoms with van der Waals surface area (Å²) < 4.78 is 5.10. The van der Waals surface area contributed by atoms with Gasteiger partial charge in [-0.1, -0.05) is 6.07 Å². The number of hydrogen-bond donors (Lipinski definition) is 2. The number of hydrogen-bond acceptors (Lipinski definition) is 5. The molecule has 0 radical (unpaired) electrons. The number of carbonyl (C=O) groups is 2. The predicted molar refractivity (Wildman–Crippen MR) is 117 cm³/mol. The lowest BCUT2D eigenvalue weighted by Gasteiger charge is -2.05. The van der Waals surface area contributed by atoms with E-state index in [1.165, 1.54) is 6.26 Å². The first-order valence-electron chi connectivity index (χ1n) is 9.44.